The van der Waals surface area contributed by atoms with Crippen LogP contribution in [0.3, 0.4) is 0 Å². The Labute approximate surface area is 125 Å². The molecule has 108 valence electrons. The Kier molecular flexibility index (Phi) is 5.22. The first-order valence-electron chi connectivity index (χ1n) is 6.97. The van der Waals surface area contributed by atoms with Gasteiger partial charge in [0, 0.05) is 12.0 Å². The second kappa shape index (κ2) is 7.35. The predicted molar refractivity (Wildman–Crippen MR) is 82.6 cm³/mol. The number of nitriles is 1. The molecular formula is C18H19NO2. The van der Waals surface area contributed by atoms with Crippen LogP contribution in [0.5, 0.6) is 11.5 Å². The molecule has 0 aliphatic carbocycles. The van der Waals surface area contributed by atoms with Gasteiger partial charge in [-0.25, -0.2) is 0 Å². The second-order valence-corrected chi connectivity index (χ2v) is 4.83. The molecule has 0 heterocycles. The van der Waals surface area contributed by atoms with Crippen molar-refractivity contribution in [2.75, 3.05) is 13.7 Å². The van der Waals surface area contributed by atoms with Crippen LogP contribution in [0.15, 0.2) is 48.5 Å². The summed E-state index contributed by atoms with van der Waals surface area (Å²) in [6, 6.07) is 17.9. The predicted octanol–water partition coefficient (Wildman–Crippen LogP) is 4.08. The van der Waals surface area contributed by atoms with E-state index in [9.17, 15) is 5.26 Å². The fourth-order valence-corrected chi connectivity index (χ4v) is 2.25. The van der Waals surface area contributed by atoms with Gasteiger partial charge in [-0.15, -0.1) is 0 Å². The van der Waals surface area contributed by atoms with E-state index in [1.165, 1.54) is 0 Å². The molecule has 0 aromatic heterocycles. The molecule has 2 aromatic rings. The van der Waals surface area contributed by atoms with Crippen LogP contribution in [0.1, 0.15) is 23.5 Å². The molecule has 0 aliphatic rings. The van der Waals surface area contributed by atoms with Crippen LogP contribution < -0.4 is 9.47 Å². The molecule has 0 radical (unpaired) electrons. The Hall–Kier alpha value is -2.47. The number of ether oxygens (including phenoxy) is 2. The molecule has 21 heavy (non-hydrogen) atoms. The minimum atomic E-state index is -0.231. The van der Waals surface area contributed by atoms with Gasteiger partial charge < -0.3 is 9.47 Å². The highest BCUT2D eigenvalue weighted by molar-refractivity contribution is 5.39. The van der Waals surface area contributed by atoms with Crippen molar-refractivity contribution in [3.05, 3.63) is 59.7 Å². The molecule has 0 fully saturated rings. The minimum Gasteiger partial charge on any atom is -0.496 e. The molecular weight excluding hydrogens is 262 g/mol. The van der Waals surface area contributed by atoms with Crippen molar-refractivity contribution in [1.82, 2.24) is 0 Å². The summed E-state index contributed by atoms with van der Waals surface area (Å²) in [5.41, 5.74) is 2.01. The van der Waals surface area contributed by atoms with E-state index >= 15 is 0 Å². The SMILES string of the molecule is COc1ccccc1C(C#N)CCOc1ccccc1C. The second-order valence-electron chi connectivity index (χ2n) is 4.83. The number of benzene rings is 2. The van der Waals surface area contributed by atoms with E-state index in [2.05, 4.69) is 6.07 Å². The molecule has 2 aromatic carbocycles. The van der Waals surface area contributed by atoms with Crippen LogP contribution >= 0.6 is 0 Å². The van der Waals surface area contributed by atoms with Crippen molar-refractivity contribution < 1.29 is 9.47 Å². The van der Waals surface area contributed by atoms with Crippen molar-refractivity contribution in [2.24, 2.45) is 0 Å². The van der Waals surface area contributed by atoms with Crippen LogP contribution in [0.4, 0.5) is 0 Å². The number of aryl methyl sites for hydroxylation is 1. The number of rotatable bonds is 6. The van der Waals surface area contributed by atoms with E-state index in [-0.39, 0.29) is 5.92 Å². The Morgan fingerprint density at radius 1 is 1.05 bits per heavy atom. The fraction of sp³-hybridized carbons (Fsp3) is 0.278. The molecule has 1 atom stereocenters. The molecule has 1 unspecified atom stereocenters. The first-order chi connectivity index (χ1) is 10.3. The number of para-hydroxylation sites is 2. The molecule has 0 amide bonds. The van der Waals surface area contributed by atoms with Gasteiger partial charge >= 0.3 is 0 Å². The van der Waals surface area contributed by atoms with Crippen LogP contribution in [0.25, 0.3) is 0 Å². The quantitative estimate of drug-likeness (QED) is 0.801. The van der Waals surface area contributed by atoms with Gasteiger partial charge in [-0.1, -0.05) is 36.4 Å². The maximum atomic E-state index is 9.39. The van der Waals surface area contributed by atoms with Gasteiger partial charge in [0.25, 0.3) is 0 Å². The molecule has 3 nitrogen and oxygen atoms in total. The van der Waals surface area contributed by atoms with Crippen molar-refractivity contribution >= 4 is 0 Å². The Morgan fingerprint density at radius 3 is 2.38 bits per heavy atom. The lowest BCUT2D eigenvalue weighted by Gasteiger charge is -2.14. The van der Waals surface area contributed by atoms with Crippen LogP contribution in [0.2, 0.25) is 0 Å². The summed E-state index contributed by atoms with van der Waals surface area (Å²) in [5, 5.41) is 9.39. The average Bonchev–Trinajstić information content (AvgIpc) is 2.53. The summed E-state index contributed by atoms with van der Waals surface area (Å²) in [7, 11) is 1.62. The monoisotopic (exact) mass is 281 g/mol. The molecule has 0 bridgehead atoms. The molecule has 0 N–H and O–H groups in total. The standard InChI is InChI=1S/C18H19NO2/c1-14-7-3-5-9-17(14)21-12-11-15(13-19)16-8-4-6-10-18(16)20-2/h3-10,15H,11-12H2,1-2H3. The van der Waals surface area contributed by atoms with Crippen molar-refractivity contribution in [3.8, 4) is 17.6 Å². The third-order valence-corrected chi connectivity index (χ3v) is 3.43. The zero-order chi connectivity index (χ0) is 15.1. The summed E-state index contributed by atoms with van der Waals surface area (Å²) in [6.07, 6.45) is 0.630. The van der Waals surface area contributed by atoms with Crippen LogP contribution in [0, 0.1) is 18.3 Å². The summed E-state index contributed by atoms with van der Waals surface area (Å²) in [6.45, 7) is 2.51. The first kappa shape index (κ1) is 14.9. The molecule has 0 spiro atoms. The third-order valence-electron chi connectivity index (χ3n) is 3.43. The normalized spacial score (nSPS) is 11.5. The van der Waals surface area contributed by atoms with E-state index < -0.39 is 0 Å². The molecule has 0 saturated carbocycles. The fourth-order valence-electron chi connectivity index (χ4n) is 2.25. The van der Waals surface area contributed by atoms with Gasteiger partial charge in [0.05, 0.1) is 25.7 Å². The van der Waals surface area contributed by atoms with E-state index in [0.29, 0.717) is 13.0 Å². The van der Waals surface area contributed by atoms with Crippen molar-refractivity contribution in [2.45, 2.75) is 19.3 Å². The Bertz CT molecular complexity index is 631. The van der Waals surface area contributed by atoms with Gasteiger partial charge in [-0.05, 0) is 24.6 Å². The zero-order valence-electron chi connectivity index (χ0n) is 12.4. The zero-order valence-corrected chi connectivity index (χ0v) is 12.4. The van der Waals surface area contributed by atoms with E-state index in [1.807, 2.05) is 55.5 Å². The summed E-state index contributed by atoms with van der Waals surface area (Å²) >= 11 is 0. The highest BCUT2D eigenvalue weighted by Gasteiger charge is 2.15. The largest absolute Gasteiger partial charge is 0.496 e. The van der Waals surface area contributed by atoms with E-state index in [4.69, 9.17) is 9.47 Å². The molecule has 3 heteroatoms. The molecule has 0 saturated heterocycles. The lowest BCUT2D eigenvalue weighted by molar-refractivity contribution is 0.302. The third kappa shape index (κ3) is 3.76. The van der Waals surface area contributed by atoms with Gasteiger partial charge in [0.2, 0.25) is 0 Å². The van der Waals surface area contributed by atoms with Gasteiger partial charge in [0.1, 0.15) is 11.5 Å². The van der Waals surface area contributed by atoms with E-state index in [0.717, 1.165) is 22.6 Å². The average molecular weight is 281 g/mol. The van der Waals surface area contributed by atoms with Crippen molar-refractivity contribution in [3.63, 3.8) is 0 Å². The molecule has 2 rings (SSSR count). The Morgan fingerprint density at radius 2 is 1.71 bits per heavy atom. The summed E-state index contributed by atoms with van der Waals surface area (Å²) in [4.78, 5) is 0. The van der Waals surface area contributed by atoms with Gasteiger partial charge in [-0.3, -0.25) is 0 Å². The van der Waals surface area contributed by atoms with Crippen LogP contribution in [-0.2, 0) is 0 Å². The van der Waals surface area contributed by atoms with Gasteiger partial charge in [0.15, 0.2) is 0 Å². The number of nitrogens with zero attached hydrogens (tertiary/aromatic N) is 1. The lowest BCUT2D eigenvalue weighted by Crippen LogP contribution is -2.06. The number of methoxy groups -OCH3 is 1. The number of hydrogen-bond acceptors (Lipinski definition) is 3. The van der Waals surface area contributed by atoms with Crippen molar-refractivity contribution in [1.29, 1.82) is 5.26 Å². The highest BCUT2D eigenvalue weighted by atomic mass is 16.5. The van der Waals surface area contributed by atoms with Gasteiger partial charge in [-0.2, -0.15) is 5.26 Å². The highest BCUT2D eigenvalue weighted by Crippen LogP contribution is 2.28. The maximum absolute atomic E-state index is 9.39. The molecule has 0 aliphatic heterocycles. The summed E-state index contributed by atoms with van der Waals surface area (Å²) < 4.78 is 11.1. The summed E-state index contributed by atoms with van der Waals surface area (Å²) in [5.74, 6) is 1.39. The minimum absolute atomic E-state index is 0.231. The topological polar surface area (TPSA) is 42.2 Å². The number of hydrogen-bond donors (Lipinski definition) is 0. The maximum Gasteiger partial charge on any atom is 0.123 e. The van der Waals surface area contributed by atoms with Crippen LogP contribution in [-0.4, -0.2) is 13.7 Å². The Balaban J connectivity index is 2.01. The smallest absolute Gasteiger partial charge is 0.123 e. The van der Waals surface area contributed by atoms with E-state index in [1.54, 1.807) is 7.11 Å². The first-order valence-corrected chi connectivity index (χ1v) is 6.97. The lowest BCUT2D eigenvalue weighted by atomic mass is 9.96.